The lowest BCUT2D eigenvalue weighted by Crippen LogP contribution is -2.30. The minimum absolute atomic E-state index is 0.142. The van der Waals surface area contributed by atoms with Crippen LogP contribution in [0.25, 0.3) is 0 Å². The summed E-state index contributed by atoms with van der Waals surface area (Å²) in [4.78, 5) is 48.5. The highest BCUT2D eigenvalue weighted by Crippen LogP contribution is 2.43. The lowest BCUT2D eigenvalue weighted by Gasteiger charge is -2.21. The first-order valence-corrected chi connectivity index (χ1v) is 30.0. The molecule has 2 N–H and O–H groups in total. The Morgan fingerprint density at radius 2 is 0.722 bits per heavy atom. The third kappa shape index (κ3) is 51.6. The molecule has 0 saturated carbocycles. The second-order valence-electron chi connectivity index (χ2n) is 18.7. The van der Waals surface area contributed by atoms with Crippen LogP contribution in [0.4, 0.5) is 0 Å². The highest BCUT2D eigenvalue weighted by atomic mass is 31.2. The van der Waals surface area contributed by atoms with Crippen molar-refractivity contribution in [2.75, 3.05) is 26.4 Å². The molecule has 0 heterocycles. The number of ether oxygens (including phenoxy) is 3. The smallest absolute Gasteiger partial charge is 0.462 e. The molecule has 11 nitrogen and oxygen atoms in total. The molecule has 0 rings (SSSR count). The second-order valence-corrected chi connectivity index (χ2v) is 20.1. The number of aliphatic hydroxyl groups excluding tert-OH is 1. The van der Waals surface area contributed by atoms with E-state index in [4.69, 9.17) is 23.3 Å². The van der Waals surface area contributed by atoms with E-state index in [1.165, 1.54) is 38.5 Å². The topological polar surface area (TPSA) is 155 Å². The van der Waals surface area contributed by atoms with Gasteiger partial charge in [0.1, 0.15) is 12.7 Å². The summed E-state index contributed by atoms with van der Waals surface area (Å²) in [5, 5.41) is 9.81. The molecule has 0 aromatic rings. The van der Waals surface area contributed by atoms with Crippen LogP contribution in [0.3, 0.4) is 0 Å². The first-order valence-electron chi connectivity index (χ1n) is 28.5. The summed E-state index contributed by atoms with van der Waals surface area (Å²) in [5.41, 5.74) is 0. The summed E-state index contributed by atoms with van der Waals surface area (Å²) in [7, 11) is -4.76. The molecular weight excluding hydrogens is 928 g/mol. The largest absolute Gasteiger partial charge is 0.472 e. The monoisotopic (exact) mass is 1030 g/mol. The molecule has 0 aromatic heterocycles. The van der Waals surface area contributed by atoms with E-state index in [1.807, 2.05) is 0 Å². The van der Waals surface area contributed by atoms with Crippen LogP contribution in [0, 0.1) is 0 Å². The molecule has 0 fully saturated rings. The van der Waals surface area contributed by atoms with E-state index >= 15 is 0 Å². The lowest BCUT2D eigenvalue weighted by atomic mass is 10.1. The molecule has 0 aliphatic heterocycles. The maximum Gasteiger partial charge on any atom is 0.472 e. The fourth-order valence-corrected chi connectivity index (χ4v) is 8.28. The molecule has 414 valence electrons. The zero-order valence-corrected chi connectivity index (χ0v) is 46.5. The summed E-state index contributed by atoms with van der Waals surface area (Å²) in [5.74, 6) is -1.51. The summed E-state index contributed by atoms with van der Waals surface area (Å²) in [6.07, 6.45) is 61.1. The molecular formula is C60H103O11P. The normalized spacial score (nSPS) is 14.0. The van der Waals surface area contributed by atoms with Crippen molar-refractivity contribution in [3.05, 3.63) is 85.1 Å². The third-order valence-corrected chi connectivity index (χ3v) is 12.7. The highest BCUT2D eigenvalue weighted by molar-refractivity contribution is 7.47. The molecule has 0 bridgehead atoms. The SMILES string of the molecule is CC/C=C\C/C=C\C/C=C\CCCCCCCC(=O)OC(CO)COP(=O)(O)OCC(COC(=O)CCCCCCC/C=C\CCCCCCCC)OC(=O)CCCCCCC/C=C\C/C=C\C/C=C\CC. The van der Waals surface area contributed by atoms with Gasteiger partial charge >= 0.3 is 25.7 Å². The summed E-state index contributed by atoms with van der Waals surface area (Å²) < 4.78 is 39.5. The lowest BCUT2D eigenvalue weighted by molar-refractivity contribution is -0.161. The van der Waals surface area contributed by atoms with Crippen LogP contribution in [-0.4, -0.2) is 66.5 Å². The Balaban J connectivity index is 4.77. The van der Waals surface area contributed by atoms with Crippen molar-refractivity contribution >= 4 is 25.7 Å². The Hall–Kier alpha value is -3.34. The van der Waals surface area contributed by atoms with Gasteiger partial charge < -0.3 is 24.2 Å². The molecule has 0 amide bonds. The van der Waals surface area contributed by atoms with Gasteiger partial charge in [0.05, 0.1) is 19.8 Å². The first kappa shape index (κ1) is 68.7. The van der Waals surface area contributed by atoms with Crippen LogP contribution in [0.2, 0.25) is 0 Å². The number of allylic oxidation sites excluding steroid dienone is 14. The Bertz CT molecular complexity index is 1530. The Morgan fingerprint density at radius 1 is 0.403 bits per heavy atom. The van der Waals surface area contributed by atoms with Crippen molar-refractivity contribution in [2.45, 2.75) is 251 Å². The second kappa shape index (κ2) is 53.9. The van der Waals surface area contributed by atoms with Gasteiger partial charge in [0.15, 0.2) is 6.10 Å². The maximum absolute atomic E-state index is 12.9. The highest BCUT2D eigenvalue weighted by Gasteiger charge is 2.28. The van der Waals surface area contributed by atoms with Gasteiger partial charge in [-0.3, -0.25) is 23.4 Å². The van der Waals surface area contributed by atoms with Gasteiger partial charge in [-0.1, -0.05) is 196 Å². The van der Waals surface area contributed by atoms with Crippen molar-refractivity contribution in [1.29, 1.82) is 0 Å². The Morgan fingerprint density at radius 3 is 1.12 bits per heavy atom. The van der Waals surface area contributed by atoms with E-state index < -0.39 is 57.8 Å². The fraction of sp³-hybridized carbons (Fsp3) is 0.717. The number of hydrogen-bond acceptors (Lipinski definition) is 10. The summed E-state index contributed by atoms with van der Waals surface area (Å²) in [6.45, 7) is 4.37. The number of hydrogen-bond donors (Lipinski definition) is 2. The molecule has 72 heavy (non-hydrogen) atoms. The number of phosphoric acid groups is 1. The predicted octanol–water partition coefficient (Wildman–Crippen LogP) is 16.7. The molecule has 3 unspecified atom stereocenters. The average Bonchev–Trinajstić information content (AvgIpc) is 3.37. The zero-order valence-electron chi connectivity index (χ0n) is 45.6. The minimum Gasteiger partial charge on any atom is -0.462 e. The Kier molecular flexibility index (Phi) is 51.4. The van der Waals surface area contributed by atoms with Gasteiger partial charge in [-0.2, -0.15) is 0 Å². The fourth-order valence-electron chi connectivity index (χ4n) is 7.50. The minimum atomic E-state index is -4.76. The van der Waals surface area contributed by atoms with Crippen LogP contribution < -0.4 is 0 Å². The number of phosphoric ester groups is 1. The van der Waals surface area contributed by atoms with Crippen molar-refractivity contribution in [1.82, 2.24) is 0 Å². The Labute approximate surface area is 439 Å². The van der Waals surface area contributed by atoms with Crippen LogP contribution in [0.15, 0.2) is 85.1 Å². The van der Waals surface area contributed by atoms with Crippen molar-refractivity contribution in [3.63, 3.8) is 0 Å². The molecule has 12 heteroatoms. The number of esters is 3. The molecule has 0 aromatic carbocycles. The molecule has 0 radical (unpaired) electrons. The number of unbranched alkanes of at least 4 members (excludes halogenated alkanes) is 21. The van der Waals surface area contributed by atoms with Gasteiger partial charge in [0.25, 0.3) is 0 Å². The average molecular weight is 1030 g/mol. The number of carbonyl (C=O) groups is 3. The third-order valence-electron chi connectivity index (χ3n) is 11.8. The van der Waals surface area contributed by atoms with Crippen LogP contribution in [0.5, 0.6) is 0 Å². The molecule has 0 saturated heterocycles. The van der Waals surface area contributed by atoms with Gasteiger partial charge in [-0.05, 0) is 109 Å². The number of aliphatic hydroxyl groups is 1. The zero-order chi connectivity index (χ0) is 52.7. The summed E-state index contributed by atoms with van der Waals surface area (Å²) >= 11 is 0. The molecule has 0 aliphatic carbocycles. The first-order chi connectivity index (χ1) is 35.2. The van der Waals surface area contributed by atoms with E-state index in [0.29, 0.717) is 19.3 Å². The van der Waals surface area contributed by atoms with Gasteiger partial charge in [-0.25, -0.2) is 4.57 Å². The van der Waals surface area contributed by atoms with E-state index in [1.54, 1.807) is 0 Å². The van der Waals surface area contributed by atoms with E-state index in [9.17, 15) is 28.9 Å². The number of rotatable bonds is 52. The van der Waals surface area contributed by atoms with Crippen LogP contribution in [0.1, 0.15) is 239 Å². The standard InChI is InChI=1S/C60H103O11P/c1-4-7-10-13-16-19-22-25-28-31-34-37-40-43-46-49-58(62)67-53-57(71-60(64)51-48-45-42-39-36-33-30-27-24-21-18-15-12-9-6-3)55-69-72(65,66)68-54-56(52-61)70-59(63)50-47-44-41-38-35-32-29-26-23-20-17-14-11-8-5-2/h8-9,11-12,17-18,20-21,25-30,56-57,61H,4-7,10,13-16,19,22-24,31-55H2,1-3H3,(H,65,66)/b11-8-,12-9-,20-17-,21-18-,28-25-,29-26-,30-27-. The van der Waals surface area contributed by atoms with Crippen molar-refractivity contribution in [3.8, 4) is 0 Å². The quantitative estimate of drug-likeness (QED) is 0.0197. The van der Waals surface area contributed by atoms with Crippen LogP contribution >= 0.6 is 7.82 Å². The van der Waals surface area contributed by atoms with E-state index in [-0.39, 0.29) is 25.9 Å². The predicted molar refractivity (Wildman–Crippen MR) is 298 cm³/mol. The summed E-state index contributed by atoms with van der Waals surface area (Å²) in [6, 6.07) is 0. The van der Waals surface area contributed by atoms with Crippen molar-refractivity contribution in [2.24, 2.45) is 0 Å². The van der Waals surface area contributed by atoms with Gasteiger partial charge in [-0.15, -0.1) is 0 Å². The van der Waals surface area contributed by atoms with Gasteiger partial charge in [0.2, 0.25) is 0 Å². The van der Waals surface area contributed by atoms with E-state index in [0.717, 1.165) is 141 Å². The molecule has 0 aliphatic rings. The van der Waals surface area contributed by atoms with Crippen molar-refractivity contribution < 1.29 is 52.2 Å². The van der Waals surface area contributed by atoms with E-state index in [2.05, 4.69) is 106 Å². The van der Waals surface area contributed by atoms with Crippen LogP contribution in [-0.2, 0) is 42.2 Å². The molecule has 0 spiro atoms. The number of carbonyl (C=O) groups excluding carboxylic acids is 3. The molecule has 3 atom stereocenters. The maximum atomic E-state index is 12.9. The van der Waals surface area contributed by atoms with Gasteiger partial charge in [0, 0.05) is 19.3 Å².